The minimum absolute atomic E-state index is 0.271. The van der Waals surface area contributed by atoms with Crippen molar-refractivity contribution in [2.45, 2.75) is 26.9 Å². The summed E-state index contributed by atoms with van der Waals surface area (Å²) in [6.45, 7) is 4.95. The Morgan fingerprint density at radius 3 is 2.60 bits per heavy atom. The highest BCUT2D eigenvalue weighted by molar-refractivity contribution is 5.92. The van der Waals surface area contributed by atoms with Crippen molar-refractivity contribution >= 4 is 11.5 Å². The van der Waals surface area contributed by atoms with Crippen LogP contribution in [0.2, 0.25) is 0 Å². The van der Waals surface area contributed by atoms with Gasteiger partial charge in [-0.1, -0.05) is 49.4 Å². The highest BCUT2D eigenvalue weighted by Gasteiger charge is 2.36. The Balaban J connectivity index is 1.77. The Morgan fingerprint density at radius 1 is 1.16 bits per heavy atom. The zero-order valence-corrected chi connectivity index (χ0v) is 14.8. The topological polar surface area (TPSA) is 35.5 Å². The number of esters is 1. The van der Waals surface area contributed by atoms with Crippen molar-refractivity contribution in [3.05, 3.63) is 71.8 Å². The summed E-state index contributed by atoms with van der Waals surface area (Å²) in [7, 11) is 0. The predicted molar refractivity (Wildman–Crippen MR) is 99.1 cm³/mol. The maximum Gasteiger partial charge on any atom is 0.331 e. The van der Waals surface area contributed by atoms with Crippen molar-refractivity contribution in [2.75, 3.05) is 6.61 Å². The summed E-state index contributed by atoms with van der Waals surface area (Å²) in [5, 5.41) is 0. The highest BCUT2D eigenvalue weighted by Crippen LogP contribution is 2.48. The van der Waals surface area contributed by atoms with E-state index in [0.717, 1.165) is 28.9 Å². The molecule has 0 saturated heterocycles. The van der Waals surface area contributed by atoms with Crippen LogP contribution in [0.3, 0.4) is 0 Å². The van der Waals surface area contributed by atoms with Crippen molar-refractivity contribution in [1.29, 1.82) is 0 Å². The second kappa shape index (κ2) is 8.02. The number of ether oxygens (including phenoxy) is 2. The van der Waals surface area contributed by atoms with Crippen molar-refractivity contribution in [2.24, 2.45) is 11.8 Å². The molecule has 25 heavy (non-hydrogen) atoms. The first-order chi connectivity index (χ1) is 12.2. The Hall–Kier alpha value is -2.55. The lowest BCUT2D eigenvalue weighted by Gasteiger charge is -2.11. The Morgan fingerprint density at radius 2 is 1.92 bits per heavy atom. The lowest BCUT2D eigenvalue weighted by atomic mass is 9.99. The van der Waals surface area contributed by atoms with Crippen LogP contribution in [0, 0.1) is 11.8 Å². The molecular weight excluding hydrogens is 312 g/mol. The summed E-state index contributed by atoms with van der Waals surface area (Å²) in [6.07, 6.45) is 2.76. The third-order valence-electron chi connectivity index (χ3n) is 4.48. The number of carbonyl (C=O) groups is 1. The van der Waals surface area contributed by atoms with Crippen LogP contribution in [0.15, 0.2) is 60.7 Å². The molecule has 0 amide bonds. The standard InChI is InChI=1S/C22H24O3/c1-3-24-22(23)14-21(20-12-16(20)2)18-10-7-11-19(13-18)25-15-17-8-5-4-6-9-17/h4-11,13-14,16,20H,3,12,15H2,1-2H3/t16-,20-/m1/s1. The van der Waals surface area contributed by atoms with Gasteiger partial charge in [-0.3, -0.25) is 0 Å². The van der Waals surface area contributed by atoms with Crippen molar-refractivity contribution < 1.29 is 14.3 Å². The number of benzene rings is 2. The Labute approximate surface area is 149 Å². The molecule has 1 fully saturated rings. The van der Waals surface area contributed by atoms with E-state index in [-0.39, 0.29) is 5.97 Å². The molecule has 0 aliphatic heterocycles. The van der Waals surface area contributed by atoms with E-state index >= 15 is 0 Å². The number of hydrogen-bond acceptors (Lipinski definition) is 3. The molecule has 0 spiro atoms. The zero-order chi connectivity index (χ0) is 17.6. The van der Waals surface area contributed by atoms with Gasteiger partial charge in [-0.2, -0.15) is 0 Å². The summed E-state index contributed by atoms with van der Waals surface area (Å²) in [5.74, 6) is 1.57. The molecule has 2 aromatic rings. The molecule has 0 bridgehead atoms. The van der Waals surface area contributed by atoms with Gasteiger partial charge in [0.15, 0.2) is 0 Å². The van der Waals surface area contributed by atoms with Gasteiger partial charge in [-0.15, -0.1) is 0 Å². The second-order valence-corrected chi connectivity index (χ2v) is 6.47. The largest absolute Gasteiger partial charge is 0.489 e. The van der Waals surface area contributed by atoms with Gasteiger partial charge in [0.2, 0.25) is 0 Å². The van der Waals surface area contributed by atoms with Gasteiger partial charge >= 0.3 is 5.97 Å². The average Bonchev–Trinajstić information content (AvgIpc) is 3.35. The van der Waals surface area contributed by atoms with Crippen LogP contribution in [-0.2, 0) is 16.1 Å². The fraction of sp³-hybridized carbons (Fsp3) is 0.318. The summed E-state index contributed by atoms with van der Waals surface area (Å²) in [6, 6.07) is 18.1. The monoisotopic (exact) mass is 336 g/mol. The maximum absolute atomic E-state index is 11.9. The fourth-order valence-corrected chi connectivity index (χ4v) is 2.98. The smallest absolute Gasteiger partial charge is 0.331 e. The van der Waals surface area contributed by atoms with E-state index in [1.165, 1.54) is 0 Å². The molecule has 0 heterocycles. The summed E-state index contributed by atoms with van der Waals surface area (Å²) in [4.78, 5) is 11.9. The SMILES string of the molecule is CCOC(=O)C=C(c1cccc(OCc2ccccc2)c1)[C@@H]1C[C@H]1C. The molecule has 1 aliphatic rings. The third-order valence-corrected chi connectivity index (χ3v) is 4.48. The first-order valence-electron chi connectivity index (χ1n) is 8.83. The summed E-state index contributed by atoms with van der Waals surface area (Å²) >= 11 is 0. The first kappa shape index (κ1) is 17.3. The molecule has 3 nitrogen and oxygen atoms in total. The molecule has 1 aliphatic carbocycles. The van der Waals surface area contributed by atoms with Crippen LogP contribution in [0.25, 0.3) is 5.57 Å². The molecule has 130 valence electrons. The summed E-state index contributed by atoms with van der Waals surface area (Å²) < 4.78 is 11.0. The first-order valence-corrected chi connectivity index (χ1v) is 8.83. The molecule has 2 aromatic carbocycles. The van der Waals surface area contributed by atoms with Gasteiger partial charge in [0, 0.05) is 6.08 Å². The van der Waals surface area contributed by atoms with Crippen LogP contribution in [-0.4, -0.2) is 12.6 Å². The van der Waals surface area contributed by atoms with Crippen LogP contribution < -0.4 is 4.74 Å². The average molecular weight is 336 g/mol. The van der Waals surface area contributed by atoms with Gasteiger partial charge in [-0.05, 0) is 54.0 Å². The van der Waals surface area contributed by atoms with Crippen LogP contribution in [0.4, 0.5) is 0 Å². The molecule has 2 atom stereocenters. The Bertz CT molecular complexity index is 749. The quantitative estimate of drug-likeness (QED) is 0.534. The molecule has 0 N–H and O–H groups in total. The molecule has 0 radical (unpaired) electrons. The number of allylic oxidation sites excluding steroid dienone is 1. The Kier molecular flexibility index (Phi) is 5.54. The van der Waals surface area contributed by atoms with E-state index in [9.17, 15) is 4.79 Å². The van der Waals surface area contributed by atoms with Crippen LogP contribution in [0.1, 0.15) is 31.4 Å². The molecular formula is C22H24O3. The third kappa shape index (κ3) is 4.72. The van der Waals surface area contributed by atoms with Gasteiger partial charge in [0.1, 0.15) is 12.4 Å². The minimum atomic E-state index is -0.271. The van der Waals surface area contributed by atoms with Crippen LogP contribution >= 0.6 is 0 Å². The van der Waals surface area contributed by atoms with Gasteiger partial charge in [-0.25, -0.2) is 4.79 Å². The lowest BCUT2D eigenvalue weighted by molar-refractivity contribution is -0.137. The number of hydrogen-bond donors (Lipinski definition) is 0. The minimum Gasteiger partial charge on any atom is -0.489 e. The second-order valence-electron chi connectivity index (χ2n) is 6.47. The van der Waals surface area contributed by atoms with E-state index < -0.39 is 0 Å². The molecule has 3 rings (SSSR count). The number of rotatable bonds is 7. The van der Waals surface area contributed by atoms with E-state index in [4.69, 9.17) is 9.47 Å². The molecule has 0 aromatic heterocycles. The van der Waals surface area contributed by atoms with Gasteiger partial charge < -0.3 is 9.47 Å². The van der Waals surface area contributed by atoms with Crippen molar-refractivity contribution in [1.82, 2.24) is 0 Å². The van der Waals surface area contributed by atoms with Gasteiger partial charge in [0.05, 0.1) is 6.61 Å². The van der Waals surface area contributed by atoms with Gasteiger partial charge in [0.25, 0.3) is 0 Å². The van der Waals surface area contributed by atoms with E-state index in [0.29, 0.717) is 25.0 Å². The van der Waals surface area contributed by atoms with E-state index in [1.807, 2.05) is 61.5 Å². The normalized spacial score (nSPS) is 19.4. The van der Waals surface area contributed by atoms with Crippen LogP contribution in [0.5, 0.6) is 5.75 Å². The predicted octanol–water partition coefficient (Wildman–Crippen LogP) is 4.87. The van der Waals surface area contributed by atoms with E-state index in [2.05, 4.69) is 6.92 Å². The number of carbonyl (C=O) groups excluding carboxylic acids is 1. The molecule has 3 heteroatoms. The van der Waals surface area contributed by atoms with Crippen molar-refractivity contribution in [3.63, 3.8) is 0 Å². The highest BCUT2D eigenvalue weighted by atomic mass is 16.5. The lowest BCUT2D eigenvalue weighted by Crippen LogP contribution is -2.02. The fourth-order valence-electron chi connectivity index (χ4n) is 2.98. The molecule has 1 saturated carbocycles. The van der Waals surface area contributed by atoms with E-state index in [1.54, 1.807) is 6.08 Å². The van der Waals surface area contributed by atoms with Crippen molar-refractivity contribution in [3.8, 4) is 5.75 Å². The maximum atomic E-state index is 11.9. The summed E-state index contributed by atoms with van der Waals surface area (Å²) in [5.41, 5.74) is 3.22. The zero-order valence-electron chi connectivity index (χ0n) is 14.8. The molecule has 0 unspecified atom stereocenters.